The molecule has 0 unspecified atom stereocenters. The molecule has 0 aromatic heterocycles. The quantitative estimate of drug-likeness (QED) is 0.609. The van der Waals surface area contributed by atoms with Crippen LogP contribution in [0.5, 0.6) is 0 Å². The molecule has 0 rings (SSSR count). The monoisotopic (exact) mass is 367 g/mol. The molecule has 10 N–H and O–H groups in total. The molecule has 8 nitrogen and oxygen atoms in total. The van der Waals surface area contributed by atoms with Crippen LogP contribution in [0.4, 0.5) is 0 Å². The summed E-state index contributed by atoms with van der Waals surface area (Å²) in [7, 11) is 0. The Hall–Kier alpha value is -0.532. The van der Waals surface area contributed by atoms with E-state index in [9.17, 15) is 9.59 Å². The van der Waals surface area contributed by atoms with Gasteiger partial charge < -0.3 is 33.5 Å². The Labute approximate surface area is 83.0 Å². The van der Waals surface area contributed by atoms with Gasteiger partial charge in [0, 0.05) is 0 Å². The third-order valence-electron chi connectivity index (χ3n) is 0.302. The minimum atomic E-state index is -1.31. The number of rotatable bonds is 2. The normalized spacial score (nSPS) is 4.67. The Morgan fingerprint density at radius 1 is 0.917 bits per heavy atom. The van der Waals surface area contributed by atoms with Crippen LogP contribution in [0.3, 0.4) is 0 Å². The van der Waals surface area contributed by atoms with Gasteiger partial charge in [0.05, 0.1) is 0 Å². The number of carbonyl (C=O) groups is 2. The molecule has 0 aliphatic carbocycles. The van der Waals surface area contributed by atoms with Gasteiger partial charge in [-0.25, -0.2) is 0 Å². The Kier molecular flexibility index (Phi) is 78.6. The molecule has 0 atom stereocenters. The van der Waals surface area contributed by atoms with E-state index in [0.717, 1.165) is 0 Å². The maximum Gasteiger partial charge on any atom is 2.00 e. The maximum atomic E-state index is 9.43. The molecule has 0 radical (unpaired) electrons. The van der Waals surface area contributed by atoms with E-state index in [-0.39, 0.29) is 44.3 Å². The van der Waals surface area contributed by atoms with Crippen LogP contribution in [0.2, 0.25) is 0 Å². The van der Waals surface area contributed by atoms with Crippen LogP contribution < -0.4 is 0 Å². The van der Waals surface area contributed by atoms with Gasteiger partial charge in [0.1, 0.15) is 6.42 Å². The first-order chi connectivity index (χ1) is 3.13. The first-order valence-corrected chi connectivity index (χ1v) is 1.56. The van der Waals surface area contributed by atoms with Gasteiger partial charge in [0.25, 0.3) is 0 Å². The zero-order valence-electron chi connectivity index (χ0n) is 5.89. The average Bonchev–Trinajstić information content (AvgIpc) is 1.27. The Balaban J connectivity index is -0.0000000180. The minimum absolute atomic E-state index is 0. The van der Waals surface area contributed by atoms with Crippen LogP contribution in [0.25, 0.3) is 12.3 Å². The van der Waals surface area contributed by atoms with Crippen molar-refractivity contribution < 1.29 is 51.8 Å². The van der Waals surface area contributed by atoms with Gasteiger partial charge in [0.2, 0.25) is 0 Å². The zero-order chi connectivity index (χ0) is 5.86. The first kappa shape index (κ1) is 42.0. The van der Waals surface area contributed by atoms with Crippen molar-refractivity contribution in [2.45, 2.75) is 6.42 Å². The molecule has 0 saturated heterocycles. The molecular formula is C3H12N2O6Pt. The molecule has 9 heteroatoms. The van der Waals surface area contributed by atoms with E-state index in [0.29, 0.717) is 0 Å². The smallest absolute Gasteiger partial charge is 0.693 e. The summed E-state index contributed by atoms with van der Waals surface area (Å²) in [6.45, 7) is 0. The predicted octanol–water partition coefficient (Wildman–Crippen LogP) is -0.672. The number of hydrogen-bond acceptors (Lipinski definition) is 2. The van der Waals surface area contributed by atoms with Crippen molar-refractivity contribution in [3.8, 4) is 0 Å². The Bertz CT molecular complexity index is 97.0. The van der Waals surface area contributed by atoms with Gasteiger partial charge in [-0.3, -0.25) is 9.59 Å². The molecule has 0 saturated carbocycles. The molecule has 0 heterocycles. The molecule has 0 bridgehead atoms. The molecule has 0 aliphatic heterocycles. The summed E-state index contributed by atoms with van der Waals surface area (Å²) in [5.41, 5.74) is 0. The van der Waals surface area contributed by atoms with Gasteiger partial charge >= 0.3 is 33.0 Å². The second kappa shape index (κ2) is 22.4. The molecule has 12 heavy (non-hydrogen) atoms. The van der Waals surface area contributed by atoms with E-state index in [4.69, 9.17) is 10.2 Å². The van der Waals surface area contributed by atoms with Crippen LogP contribution in [-0.4, -0.2) is 33.1 Å². The number of aliphatic carboxylic acids is 2. The van der Waals surface area contributed by atoms with E-state index in [1.807, 2.05) is 0 Å². The van der Waals surface area contributed by atoms with E-state index in [1.165, 1.54) is 0 Å². The SMILES string of the molecule is O.O.O=C(O)CC(=O)O.[NH2-].[NH2-].[Pt+2]. The third kappa shape index (κ3) is 56.4. The summed E-state index contributed by atoms with van der Waals surface area (Å²) >= 11 is 0. The fourth-order valence-corrected chi connectivity index (χ4v) is 0.129. The van der Waals surface area contributed by atoms with Crippen molar-refractivity contribution in [2.24, 2.45) is 0 Å². The van der Waals surface area contributed by atoms with Crippen molar-refractivity contribution in [1.82, 2.24) is 0 Å². The number of carboxylic acids is 2. The zero-order valence-corrected chi connectivity index (χ0v) is 8.16. The number of hydrogen-bond donors (Lipinski definition) is 2. The van der Waals surface area contributed by atoms with Crippen LogP contribution >= 0.6 is 0 Å². The third-order valence-corrected chi connectivity index (χ3v) is 0.302. The van der Waals surface area contributed by atoms with Gasteiger partial charge in [-0.2, -0.15) is 0 Å². The first-order valence-electron chi connectivity index (χ1n) is 1.56. The van der Waals surface area contributed by atoms with Gasteiger partial charge in [-0.05, 0) is 0 Å². The van der Waals surface area contributed by atoms with Crippen LogP contribution in [0, 0.1) is 0 Å². The molecule has 0 aliphatic rings. The predicted molar refractivity (Wildman–Crippen MR) is 37.7 cm³/mol. The molecule has 0 amide bonds. The fourth-order valence-electron chi connectivity index (χ4n) is 0.129. The molecule has 0 fully saturated rings. The standard InChI is InChI=1S/C3H4O4.2H2N.2H2O.Pt/c4-2(5)1-3(6)7;;;;;/h1H2,(H,4,5)(H,6,7);4*1H2;/q;2*-1;;;+2. The van der Waals surface area contributed by atoms with E-state index in [2.05, 4.69) is 0 Å². The molecule has 0 spiro atoms. The topological polar surface area (TPSA) is 205 Å². The number of nitrogens with two attached hydrogens (primary N) is 2. The van der Waals surface area contributed by atoms with E-state index >= 15 is 0 Å². The average molecular weight is 367 g/mol. The summed E-state index contributed by atoms with van der Waals surface area (Å²) in [4.78, 5) is 18.9. The molecule has 0 aromatic rings. The van der Waals surface area contributed by atoms with Crippen molar-refractivity contribution in [2.75, 3.05) is 0 Å². The minimum Gasteiger partial charge on any atom is -0.693 e. The molecular weight excluding hydrogens is 355 g/mol. The van der Waals surface area contributed by atoms with Crippen LogP contribution in [-0.2, 0) is 30.7 Å². The second-order valence-corrected chi connectivity index (χ2v) is 0.964. The van der Waals surface area contributed by atoms with Crippen LogP contribution in [0.1, 0.15) is 6.42 Å². The van der Waals surface area contributed by atoms with Crippen molar-refractivity contribution in [1.29, 1.82) is 0 Å². The van der Waals surface area contributed by atoms with E-state index < -0.39 is 18.4 Å². The van der Waals surface area contributed by atoms with Crippen LogP contribution in [0.15, 0.2) is 0 Å². The van der Waals surface area contributed by atoms with Crippen molar-refractivity contribution >= 4 is 11.9 Å². The number of carboxylic acid groups (broad SMARTS) is 2. The fraction of sp³-hybridized carbons (Fsp3) is 0.333. The summed E-state index contributed by atoms with van der Waals surface area (Å²) < 4.78 is 0. The molecule has 80 valence electrons. The summed E-state index contributed by atoms with van der Waals surface area (Å²) in [6, 6.07) is 0. The van der Waals surface area contributed by atoms with E-state index in [1.54, 1.807) is 0 Å². The van der Waals surface area contributed by atoms with Crippen molar-refractivity contribution in [3.05, 3.63) is 12.3 Å². The van der Waals surface area contributed by atoms with Gasteiger partial charge in [-0.15, -0.1) is 0 Å². The summed E-state index contributed by atoms with van der Waals surface area (Å²) in [6.07, 6.45) is -0.806. The van der Waals surface area contributed by atoms with Gasteiger partial charge in [0.15, 0.2) is 0 Å². The Morgan fingerprint density at radius 3 is 1.08 bits per heavy atom. The summed E-state index contributed by atoms with van der Waals surface area (Å²) in [5.74, 6) is -2.62. The second-order valence-electron chi connectivity index (χ2n) is 0.964. The maximum absolute atomic E-state index is 9.43. The largest absolute Gasteiger partial charge is 2.00 e. The van der Waals surface area contributed by atoms with Gasteiger partial charge in [-0.1, -0.05) is 0 Å². The molecule has 0 aromatic carbocycles. The Morgan fingerprint density at radius 2 is 1.08 bits per heavy atom. The van der Waals surface area contributed by atoms with Crippen molar-refractivity contribution in [3.63, 3.8) is 0 Å². The summed E-state index contributed by atoms with van der Waals surface area (Å²) in [5, 5.41) is 15.4.